The molecule has 0 aliphatic carbocycles. The van der Waals surface area contributed by atoms with Gasteiger partial charge in [-0.05, 0) is 23.6 Å². The fraction of sp³-hybridized carbons (Fsp3) is 0. The summed E-state index contributed by atoms with van der Waals surface area (Å²) in [6.07, 6.45) is 0. The van der Waals surface area contributed by atoms with E-state index in [1.54, 1.807) is 35.7 Å². The molecule has 0 N–H and O–H groups in total. The topological polar surface area (TPSA) is 37.4 Å². The van der Waals surface area contributed by atoms with Crippen molar-refractivity contribution in [2.24, 2.45) is 0 Å². The molecule has 0 unspecified atom stereocenters. The molecule has 2 amide bonds. The molecule has 0 atom stereocenters. The number of rotatable bonds is 1. The van der Waals surface area contributed by atoms with Crippen LogP contribution in [0.1, 0.15) is 20.0 Å². The number of carbonyl (C=O) groups excluding carboxylic acids is 2. The molecule has 0 saturated heterocycles. The van der Waals surface area contributed by atoms with Gasteiger partial charge in [0.25, 0.3) is 11.8 Å². The van der Waals surface area contributed by atoms with E-state index in [9.17, 15) is 9.59 Å². The lowest BCUT2D eigenvalue weighted by atomic mass is 10.3. The van der Waals surface area contributed by atoms with Gasteiger partial charge in [-0.3, -0.25) is 9.59 Å². The smallest absolute Gasteiger partial charge is 0.268 e. The molecule has 2 heterocycles. The SMILES string of the molecule is O=C1c2ccsc2C(=O)N1c1ccccc1Cl. The summed E-state index contributed by atoms with van der Waals surface area (Å²) in [5, 5.41) is 2.13. The summed E-state index contributed by atoms with van der Waals surface area (Å²) >= 11 is 7.28. The van der Waals surface area contributed by atoms with Gasteiger partial charge in [-0.25, -0.2) is 4.90 Å². The van der Waals surface area contributed by atoms with Gasteiger partial charge in [-0.15, -0.1) is 11.3 Å². The van der Waals surface area contributed by atoms with Gasteiger partial charge in [0.1, 0.15) is 4.88 Å². The van der Waals surface area contributed by atoms with E-state index in [2.05, 4.69) is 0 Å². The van der Waals surface area contributed by atoms with Crippen LogP contribution in [0.5, 0.6) is 0 Å². The van der Waals surface area contributed by atoms with Crippen LogP contribution in [0.4, 0.5) is 5.69 Å². The van der Waals surface area contributed by atoms with Crippen LogP contribution < -0.4 is 4.90 Å². The third-order valence-electron chi connectivity index (χ3n) is 2.59. The highest BCUT2D eigenvalue weighted by atomic mass is 35.5. The molecule has 5 heteroatoms. The monoisotopic (exact) mass is 263 g/mol. The first kappa shape index (κ1) is 10.5. The van der Waals surface area contributed by atoms with Crippen LogP contribution in [0.25, 0.3) is 0 Å². The van der Waals surface area contributed by atoms with Gasteiger partial charge in [0.05, 0.1) is 16.3 Å². The van der Waals surface area contributed by atoms with E-state index in [-0.39, 0.29) is 11.8 Å². The molecule has 1 aromatic heterocycles. The number of anilines is 1. The number of fused-ring (bicyclic) bond motifs is 1. The van der Waals surface area contributed by atoms with E-state index in [1.807, 2.05) is 0 Å². The molecule has 3 rings (SSSR count). The Morgan fingerprint density at radius 2 is 1.82 bits per heavy atom. The summed E-state index contributed by atoms with van der Waals surface area (Å²) in [4.78, 5) is 25.8. The van der Waals surface area contributed by atoms with E-state index >= 15 is 0 Å². The third kappa shape index (κ3) is 1.41. The number of para-hydroxylation sites is 1. The van der Waals surface area contributed by atoms with E-state index < -0.39 is 0 Å². The minimum absolute atomic E-state index is 0.298. The fourth-order valence-corrected chi connectivity index (χ4v) is 2.84. The van der Waals surface area contributed by atoms with Gasteiger partial charge in [0.15, 0.2) is 0 Å². The Morgan fingerprint density at radius 3 is 2.53 bits per heavy atom. The van der Waals surface area contributed by atoms with Crippen molar-refractivity contribution in [2.45, 2.75) is 0 Å². The van der Waals surface area contributed by atoms with Gasteiger partial charge < -0.3 is 0 Å². The molecule has 0 fully saturated rings. The Kier molecular flexibility index (Phi) is 2.28. The van der Waals surface area contributed by atoms with Gasteiger partial charge >= 0.3 is 0 Å². The summed E-state index contributed by atoms with van der Waals surface area (Å²) in [7, 11) is 0. The van der Waals surface area contributed by atoms with Crippen LogP contribution >= 0.6 is 22.9 Å². The average Bonchev–Trinajstić information content (AvgIpc) is 2.87. The summed E-state index contributed by atoms with van der Waals surface area (Å²) < 4.78 is 0. The van der Waals surface area contributed by atoms with Gasteiger partial charge in [0, 0.05) is 0 Å². The van der Waals surface area contributed by atoms with Crippen molar-refractivity contribution >= 4 is 40.4 Å². The normalized spacial score (nSPS) is 14.3. The standard InChI is InChI=1S/C12H6ClNO2S/c13-8-3-1-2-4-9(8)14-11(15)7-5-6-17-10(7)12(14)16/h1-6H. The maximum absolute atomic E-state index is 12.1. The summed E-state index contributed by atoms with van der Waals surface area (Å²) in [5.41, 5.74) is 0.896. The number of hydrogen-bond acceptors (Lipinski definition) is 3. The Hall–Kier alpha value is -1.65. The van der Waals surface area contributed by atoms with E-state index in [4.69, 9.17) is 11.6 Å². The lowest BCUT2D eigenvalue weighted by Gasteiger charge is -2.15. The summed E-state index contributed by atoms with van der Waals surface area (Å²) in [5.74, 6) is -0.604. The van der Waals surface area contributed by atoms with E-state index in [0.717, 1.165) is 4.90 Å². The molecular weight excluding hydrogens is 258 g/mol. The first-order valence-electron chi connectivity index (χ1n) is 4.91. The molecule has 0 radical (unpaired) electrons. The lowest BCUT2D eigenvalue weighted by molar-refractivity contribution is 0.0927. The van der Waals surface area contributed by atoms with Crippen LogP contribution in [0.15, 0.2) is 35.7 Å². The zero-order valence-corrected chi connectivity index (χ0v) is 10.1. The van der Waals surface area contributed by atoms with Crippen LogP contribution in [-0.4, -0.2) is 11.8 Å². The quantitative estimate of drug-likeness (QED) is 0.741. The molecular formula is C12H6ClNO2S. The average molecular weight is 264 g/mol. The first-order chi connectivity index (χ1) is 8.20. The van der Waals surface area contributed by atoms with Crippen LogP contribution in [0.3, 0.4) is 0 Å². The summed E-state index contributed by atoms with van der Waals surface area (Å²) in [6, 6.07) is 8.48. The van der Waals surface area contributed by atoms with Crippen molar-refractivity contribution in [1.29, 1.82) is 0 Å². The highest BCUT2D eigenvalue weighted by molar-refractivity contribution is 7.13. The molecule has 3 nitrogen and oxygen atoms in total. The number of thiophene rings is 1. The number of hydrogen-bond donors (Lipinski definition) is 0. The molecule has 2 aromatic rings. The van der Waals surface area contributed by atoms with Gasteiger partial charge in [-0.2, -0.15) is 0 Å². The minimum atomic E-state index is -0.306. The van der Waals surface area contributed by atoms with E-state index in [1.165, 1.54) is 11.3 Å². The number of nitrogens with zero attached hydrogens (tertiary/aromatic N) is 1. The molecule has 1 aliphatic heterocycles. The number of benzene rings is 1. The Morgan fingerprint density at radius 1 is 1.06 bits per heavy atom. The summed E-state index contributed by atoms with van der Waals surface area (Å²) in [6.45, 7) is 0. The zero-order valence-electron chi connectivity index (χ0n) is 8.51. The molecule has 17 heavy (non-hydrogen) atoms. The minimum Gasteiger partial charge on any atom is -0.268 e. The van der Waals surface area contributed by atoms with Crippen molar-refractivity contribution < 1.29 is 9.59 Å². The maximum Gasteiger partial charge on any atom is 0.276 e. The van der Waals surface area contributed by atoms with Crippen LogP contribution in [0, 0.1) is 0 Å². The van der Waals surface area contributed by atoms with Crippen molar-refractivity contribution in [2.75, 3.05) is 4.90 Å². The molecule has 1 aliphatic rings. The number of carbonyl (C=O) groups is 2. The zero-order chi connectivity index (χ0) is 12.0. The molecule has 84 valence electrons. The van der Waals surface area contributed by atoms with Crippen molar-refractivity contribution in [3.05, 3.63) is 51.2 Å². The molecule has 1 aromatic carbocycles. The largest absolute Gasteiger partial charge is 0.276 e. The molecule has 0 saturated carbocycles. The third-order valence-corrected chi connectivity index (χ3v) is 3.81. The van der Waals surface area contributed by atoms with Crippen molar-refractivity contribution in [3.63, 3.8) is 0 Å². The second-order valence-corrected chi connectivity index (χ2v) is 4.88. The van der Waals surface area contributed by atoms with Crippen LogP contribution in [-0.2, 0) is 0 Å². The van der Waals surface area contributed by atoms with Gasteiger partial charge in [0.2, 0.25) is 0 Å². The number of amides is 2. The number of imide groups is 1. The van der Waals surface area contributed by atoms with E-state index in [0.29, 0.717) is 21.2 Å². The Bertz CT molecular complexity index is 604. The number of halogens is 1. The Labute approximate surface area is 106 Å². The maximum atomic E-state index is 12.1. The predicted octanol–water partition coefficient (Wildman–Crippen LogP) is 3.20. The fourth-order valence-electron chi connectivity index (χ4n) is 1.81. The second-order valence-electron chi connectivity index (χ2n) is 3.56. The predicted molar refractivity (Wildman–Crippen MR) is 66.9 cm³/mol. The highest BCUT2D eigenvalue weighted by Crippen LogP contribution is 2.34. The van der Waals surface area contributed by atoms with Crippen molar-refractivity contribution in [3.8, 4) is 0 Å². The van der Waals surface area contributed by atoms with Crippen molar-refractivity contribution in [1.82, 2.24) is 0 Å². The molecule has 0 bridgehead atoms. The van der Waals surface area contributed by atoms with Crippen LogP contribution in [0.2, 0.25) is 5.02 Å². The lowest BCUT2D eigenvalue weighted by Crippen LogP contribution is -2.29. The van der Waals surface area contributed by atoms with Gasteiger partial charge in [-0.1, -0.05) is 23.7 Å². The highest BCUT2D eigenvalue weighted by Gasteiger charge is 2.38. The Balaban J connectivity index is 2.14. The second kappa shape index (κ2) is 3.68. The molecule has 0 spiro atoms. The first-order valence-corrected chi connectivity index (χ1v) is 6.16.